The number of rotatable bonds is 1. The molecule has 1 aliphatic rings. The van der Waals surface area contributed by atoms with Crippen LogP contribution in [0.4, 0.5) is 0 Å². The van der Waals surface area contributed by atoms with Crippen LogP contribution in [0.1, 0.15) is 37.4 Å². The Bertz CT molecular complexity index is 284. The summed E-state index contributed by atoms with van der Waals surface area (Å²) in [4.78, 5) is 0. The van der Waals surface area contributed by atoms with Crippen molar-refractivity contribution in [2.75, 3.05) is 0 Å². The second-order valence-corrected chi connectivity index (χ2v) is 4.55. The zero-order chi connectivity index (χ0) is 9.26. The van der Waals surface area contributed by atoms with Crippen molar-refractivity contribution in [3.8, 4) is 0 Å². The Morgan fingerprint density at radius 1 is 1.38 bits per heavy atom. The van der Waals surface area contributed by atoms with E-state index < -0.39 is 0 Å². The summed E-state index contributed by atoms with van der Waals surface area (Å²) in [6.45, 7) is 0. The molecule has 1 saturated carbocycles. The van der Waals surface area contributed by atoms with E-state index in [0.717, 1.165) is 16.9 Å². The van der Waals surface area contributed by atoms with Crippen LogP contribution in [0.5, 0.6) is 0 Å². The third-order valence-corrected chi connectivity index (χ3v) is 3.14. The van der Waals surface area contributed by atoms with E-state index in [1.807, 2.05) is 12.1 Å². The maximum Gasteiger partial charge on any atom is 0.169 e. The average molecular weight is 244 g/mol. The van der Waals surface area contributed by atoms with E-state index in [2.05, 4.69) is 15.9 Å². The molecule has 2 rings (SSSR count). The molecule has 0 saturated heterocycles. The van der Waals surface area contributed by atoms with Gasteiger partial charge in [0.1, 0.15) is 5.76 Å². The van der Waals surface area contributed by atoms with Gasteiger partial charge in [-0.2, -0.15) is 0 Å². The van der Waals surface area contributed by atoms with Gasteiger partial charge in [-0.1, -0.05) is 6.42 Å². The molecule has 0 aliphatic heterocycles. The van der Waals surface area contributed by atoms with E-state index in [4.69, 9.17) is 10.2 Å². The molecule has 13 heavy (non-hydrogen) atoms. The molecule has 0 amide bonds. The fraction of sp³-hybridized carbons (Fsp3) is 0.600. The first-order valence-corrected chi connectivity index (χ1v) is 5.56. The summed E-state index contributed by atoms with van der Waals surface area (Å²) in [6.07, 6.45) is 4.68. The van der Waals surface area contributed by atoms with Crippen molar-refractivity contribution in [2.45, 2.75) is 37.6 Å². The van der Waals surface area contributed by atoms with Gasteiger partial charge in [-0.05, 0) is 47.3 Å². The molecule has 0 spiro atoms. The van der Waals surface area contributed by atoms with Crippen molar-refractivity contribution in [1.29, 1.82) is 0 Å². The molecule has 3 heteroatoms. The van der Waals surface area contributed by atoms with Crippen LogP contribution in [0.2, 0.25) is 0 Å². The SMILES string of the molecule is NC1CCCC(c2ccc(Br)o2)C1. The molecule has 1 aliphatic carbocycles. The summed E-state index contributed by atoms with van der Waals surface area (Å²) in [6, 6.07) is 4.37. The first-order valence-electron chi connectivity index (χ1n) is 4.76. The first kappa shape index (κ1) is 9.28. The van der Waals surface area contributed by atoms with Gasteiger partial charge in [0.25, 0.3) is 0 Å². The summed E-state index contributed by atoms with van der Waals surface area (Å²) in [5, 5.41) is 0. The number of hydrogen-bond acceptors (Lipinski definition) is 2. The third-order valence-electron chi connectivity index (χ3n) is 2.71. The lowest BCUT2D eigenvalue weighted by atomic mass is 9.85. The summed E-state index contributed by atoms with van der Waals surface area (Å²) < 4.78 is 6.35. The quantitative estimate of drug-likeness (QED) is 0.824. The molecule has 0 radical (unpaired) electrons. The smallest absolute Gasteiger partial charge is 0.169 e. The second kappa shape index (κ2) is 3.84. The Morgan fingerprint density at radius 3 is 2.85 bits per heavy atom. The van der Waals surface area contributed by atoms with E-state index >= 15 is 0 Å². The summed E-state index contributed by atoms with van der Waals surface area (Å²) in [7, 11) is 0. The number of nitrogens with two attached hydrogens (primary N) is 1. The predicted octanol–water partition coefficient (Wildman–Crippen LogP) is 3.03. The molecule has 72 valence electrons. The van der Waals surface area contributed by atoms with Gasteiger partial charge in [-0.15, -0.1) is 0 Å². The van der Waals surface area contributed by atoms with Crippen LogP contribution >= 0.6 is 15.9 Å². The van der Waals surface area contributed by atoms with Crippen LogP contribution in [0, 0.1) is 0 Å². The molecule has 2 unspecified atom stereocenters. The minimum atomic E-state index is 0.364. The van der Waals surface area contributed by atoms with Crippen LogP contribution in [-0.4, -0.2) is 6.04 Å². The molecule has 0 bridgehead atoms. The molecule has 0 aromatic carbocycles. The van der Waals surface area contributed by atoms with E-state index in [0.29, 0.717) is 12.0 Å². The lowest BCUT2D eigenvalue weighted by Crippen LogP contribution is -2.26. The highest BCUT2D eigenvalue weighted by Gasteiger charge is 2.22. The monoisotopic (exact) mass is 243 g/mol. The van der Waals surface area contributed by atoms with Crippen molar-refractivity contribution in [2.24, 2.45) is 5.73 Å². The normalized spacial score (nSPS) is 29.1. The lowest BCUT2D eigenvalue weighted by molar-refractivity contribution is 0.340. The molecule has 2 atom stereocenters. The van der Waals surface area contributed by atoms with E-state index in [1.165, 1.54) is 19.3 Å². The zero-order valence-corrected chi connectivity index (χ0v) is 9.09. The van der Waals surface area contributed by atoms with Gasteiger partial charge in [-0.3, -0.25) is 0 Å². The maximum absolute atomic E-state index is 5.92. The summed E-state index contributed by atoms with van der Waals surface area (Å²) in [5.74, 6) is 1.62. The van der Waals surface area contributed by atoms with Crippen LogP contribution in [0.15, 0.2) is 21.2 Å². The van der Waals surface area contributed by atoms with Crippen molar-refractivity contribution in [1.82, 2.24) is 0 Å². The Labute approximate surface area is 86.6 Å². The van der Waals surface area contributed by atoms with Gasteiger partial charge in [0.15, 0.2) is 4.67 Å². The van der Waals surface area contributed by atoms with Crippen LogP contribution < -0.4 is 5.73 Å². The van der Waals surface area contributed by atoms with Gasteiger partial charge in [-0.25, -0.2) is 0 Å². The van der Waals surface area contributed by atoms with E-state index in [1.54, 1.807) is 0 Å². The van der Waals surface area contributed by atoms with Crippen LogP contribution in [0.25, 0.3) is 0 Å². The number of halogens is 1. The van der Waals surface area contributed by atoms with Gasteiger partial charge in [0.05, 0.1) is 0 Å². The topological polar surface area (TPSA) is 39.2 Å². The summed E-state index contributed by atoms with van der Waals surface area (Å²) in [5.41, 5.74) is 5.92. The average Bonchev–Trinajstić information content (AvgIpc) is 2.52. The van der Waals surface area contributed by atoms with E-state index in [9.17, 15) is 0 Å². The van der Waals surface area contributed by atoms with Crippen molar-refractivity contribution >= 4 is 15.9 Å². The fourth-order valence-electron chi connectivity index (χ4n) is 2.03. The molecule has 1 heterocycles. The van der Waals surface area contributed by atoms with Crippen LogP contribution in [0.3, 0.4) is 0 Å². The highest BCUT2D eigenvalue weighted by Crippen LogP contribution is 2.33. The largest absolute Gasteiger partial charge is 0.454 e. The molecule has 2 N–H and O–H groups in total. The Hall–Kier alpha value is -0.280. The molecular formula is C10H14BrNO. The minimum absolute atomic E-state index is 0.364. The maximum atomic E-state index is 5.92. The van der Waals surface area contributed by atoms with Crippen molar-refractivity contribution in [3.63, 3.8) is 0 Å². The molecule has 2 nitrogen and oxygen atoms in total. The molecule has 1 aromatic rings. The third kappa shape index (κ3) is 2.15. The van der Waals surface area contributed by atoms with Crippen LogP contribution in [-0.2, 0) is 0 Å². The Kier molecular flexibility index (Phi) is 2.74. The number of furan rings is 1. The van der Waals surface area contributed by atoms with Gasteiger partial charge in [0.2, 0.25) is 0 Å². The highest BCUT2D eigenvalue weighted by molar-refractivity contribution is 9.10. The first-order chi connectivity index (χ1) is 6.25. The van der Waals surface area contributed by atoms with Gasteiger partial charge in [0, 0.05) is 12.0 Å². The minimum Gasteiger partial charge on any atom is -0.454 e. The lowest BCUT2D eigenvalue weighted by Gasteiger charge is -2.24. The fourth-order valence-corrected chi connectivity index (χ4v) is 2.35. The number of hydrogen-bond donors (Lipinski definition) is 1. The van der Waals surface area contributed by atoms with Crippen molar-refractivity contribution < 1.29 is 4.42 Å². The standard InChI is InChI=1S/C10H14BrNO/c11-10-5-4-9(13-10)7-2-1-3-8(12)6-7/h4-5,7-8H,1-3,6,12H2. The molecular weight excluding hydrogens is 230 g/mol. The molecule has 1 fully saturated rings. The molecule has 1 aromatic heterocycles. The summed E-state index contributed by atoms with van der Waals surface area (Å²) >= 11 is 3.32. The highest BCUT2D eigenvalue weighted by atomic mass is 79.9. The Balaban J connectivity index is 2.08. The van der Waals surface area contributed by atoms with Gasteiger partial charge < -0.3 is 10.2 Å². The van der Waals surface area contributed by atoms with Gasteiger partial charge >= 0.3 is 0 Å². The van der Waals surface area contributed by atoms with Crippen molar-refractivity contribution in [3.05, 3.63) is 22.6 Å². The predicted molar refractivity (Wildman–Crippen MR) is 55.6 cm³/mol. The Morgan fingerprint density at radius 2 is 2.23 bits per heavy atom. The second-order valence-electron chi connectivity index (χ2n) is 3.77. The van der Waals surface area contributed by atoms with E-state index in [-0.39, 0.29) is 0 Å². The zero-order valence-electron chi connectivity index (χ0n) is 7.50.